The number of amides is 1. The van der Waals surface area contributed by atoms with Crippen LogP contribution in [0.4, 0.5) is 8.78 Å². The molecular formula is C15H15F2N3O. The van der Waals surface area contributed by atoms with Crippen LogP contribution < -0.4 is 0 Å². The van der Waals surface area contributed by atoms with Crippen LogP contribution in [0.5, 0.6) is 0 Å². The van der Waals surface area contributed by atoms with Gasteiger partial charge in [-0.15, -0.1) is 0 Å². The lowest BCUT2D eigenvalue weighted by Crippen LogP contribution is -2.51. The van der Waals surface area contributed by atoms with E-state index < -0.39 is 23.1 Å². The molecule has 0 spiro atoms. The summed E-state index contributed by atoms with van der Waals surface area (Å²) in [6, 6.07) is 3.45. The summed E-state index contributed by atoms with van der Waals surface area (Å²) in [6.45, 7) is 3.65. The number of likely N-dealkylation sites (tertiary alicyclic amines) is 1. The van der Waals surface area contributed by atoms with Crippen LogP contribution in [0.2, 0.25) is 0 Å². The van der Waals surface area contributed by atoms with E-state index in [-0.39, 0.29) is 5.92 Å². The van der Waals surface area contributed by atoms with Gasteiger partial charge in [-0.25, -0.2) is 8.78 Å². The van der Waals surface area contributed by atoms with Gasteiger partial charge in [0.2, 0.25) is 0 Å². The molecule has 0 radical (unpaired) electrons. The number of carbonyl (C=O) groups excluding carboxylic acids is 1. The molecule has 6 heteroatoms. The fourth-order valence-corrected chi connectivity index (χ4v) is 2.54. The van der Waals surface area contributed by atoms with Crippen molar-refractivity contribution in [2.75, 3.05) is 13.1 Å². The average Bonchev–Trinajstić information content (AvgIpc) is 2.78. The lowest BCUT2D eigenvalue weighted by molar-refractivity contribution is 0.0452. The Balaban J connectivity index is 1.62. The molecule has 0 N–H and O–H groups in total. The highest BCUT2D eigenvalue weighted by molar-refractivity contribution is 5.95. The first-order chi connectivity index (χ1) is 10.0. The number of halogens is 2. The molecule has 3 rings (SSSR count). The Bertz CT molecular complexity index is 657. The normalized spacial score (nSPS) is 15.1. The molecule has 0 aliphatic carbocycles. The molecule has 0 unspecified atom stereocenters. The van der Waals surface area contributed by atoms with Gasteiger partial charge in [0.15, 0.2) is 0 Å². The van der Waals surface area contributed by atoms with Crippen molar-refractivity contribution in [3.05, 3.63) is 53.4 Å². The maximum atomic E-state index is 13.6. The predicted molar refractivity (Wildman–Crippen MR) is 72.7 cm³/mol. The van der Waals surface area contributed by atoms with Gasteiger partial charge in [-0.1, -0.05) is 6.07 Å². The number of hydrogen-bond donors (Lipinski definition) is 0. The van der Waals surface area contributed by atoms with Crippen LogP contribution in [-0.4, -0.2) is 33.7 Å². The van der Waals surface area contributed by atoms with Crippen LogP contribution in [-0.2, 0) is 6.54 Å². The van der Waals surface area contributed by atoms with Gasteiger partial charge >= 0.3 is 0 Å². The smallest absolute Gasteiger partial charge is 0.259 e. The molecule has 0 bridgehead atoms. The highest BCUT2D eigenvalue weighted by Crippen LogP contribution is 2.23. The molecule has 1 fully saturated rings. The summed E-state index contributed by atoms with van der Waals surface area (Å²) in [5, 5.41) is 4.19. The first-order valence-electron chi connectivity index (χ1n) is 6.77. The second-order valence-electron chi connectivity index (χ2n) is 5.41. The van der Waals surface area contributed by atoms with E-state index >= 15 is 0 Å². The number of nitrogens with zero attached hydrogens (tertiary/aromatic N) is 3. The van der Waals surface area contributed by atoms with Crippen LogP contribution >= 0.6 is 0 Å². The fraction of sp³-hybridized carbons (Fsp3) is 0.333. The molecular weight excluding hydrogens is 276 g/mol. The lowest BCUT2D eigenvalue weighted by atomic mass is 9.98. The maximum Gasteiger partial charge on any atom is 0.259 e. The standard InChI is InChI=1S/C15H15F2N3O/c1-10-5-18-20(6-10)9-11-7-19(8-11)15(21)14-12(16)3-2-4-13(14)17/h2-6,11H,7-9H2,1H3. The number of aromatic nitrogens is 2. The van der Waals surface area contributed by atoms with Crippen molar-refractivity contribution < 1.29 is 13.6 Å². The zero-order valence-electron chi connectivity index (χ0n) is 11.6. The molecule has 1 aromatic heterocycles. The highest BCUT2D eigenvalue weighted by atomic mass is 19.1. The number of rotatable bonds is 3. The first-order valence-corrected chi connectivity index (χ1v) is 6.77. The van der Waals surface area contributed by atoms with Gasteiger partial charge in [0.05, 0.1) is 6.20 Å². The Morgan fingerprint density at radius 3 is 2.57 bits per heavy atom. The zero-order chi connectivity index (χ0) is 15.0. The van der Waals surface area contributed by atoms with Crippen molar-refractivity contribution in [3.63, 3.8) is 0 Å². The third-order valence-electron chi connectivity index (χ3n) is 3.63. The van der Waals surface area contributed by atoms with Gasteiger partial charge in [0, 0.05) is 31.7 Å². The van der Waals surface area contributed by atoms with E-state index in [1.165, 1.54) is 11.0 Å². The van der Waals surface area contributed by atoms with E-state index in [0.717, 1.165) is 17.7 Å². The van der Waals surface area contributed by atoms with Crippen molar-refractivity contribution in [2.24, 2.45) is 5.92 Å². The van der Waals surface area contributed by atoms with Crippen LogP contribution in [0, 0.1) is 24.5 Å². The third kappa shape index (κ3) is 2.66. The van der Waals surface area contributed by atoms with Crippen molar-refractivity contribution in [2.45, 2.75) is 13.5 Å². The lowest BCUT2D eigenvalue weighted by Gasteiger charge is -2.39. The van der Waals surface area contributed by atoms with Crippen LogP contribution in [0.1, 0.15) is 15.9 Å². The molecule has 1 aromatic carbocycles. The van der Waals surface area contributed by atoms with Gasteiger partial charge < -0.3 is 4.90 Å². The maximum absolute atomic E-state index is 13.6. The van der Waals surface area contributed by atoms with E-state index in [9.17, 15) is 13.6 Å². The molecule has 1 aliphatic rings. The molecule has 4 nitrogen and oxygen atoms in total. The number of hydrogen-bond acceptors (Lipinski definition) is 2. The molecule has 0 saturated carbocycles. The molecule has 21 heavy (non-hydrogen) atoms. The zero-order valence-corrected chi connectivity index (χ0v) is 11.6. The monoisotopic (exact) mass is 291 g/mol. The molecule has 110 valence electrons. The van der Waals surface area contributed by atoms with Crippen molar-refractivity contribution in [1.29, 1.82) is 0 Å². The average molecular weight is 291 g/mol. The molecule has 2 heterocycles. The summed E-state index contributed by atoms with van der Waals surface area (Å²) in [6.07, 6.45) is 3.71. The largest absolute Gasteiger partial charge is 0.338 e. The second-order valence-corrected chi connectivity index (χ2v) is 5.41. The Morgan fingerprint density at radius 2 is 2.00 bits per heavy atom. The Hall–Kier alpha value is -2.24. The van der Waals surface area contributed by atoms with E-state index in [1.54, 1.807) is 6.20 Å². The van der Waals surface area contributed by atoms with Gasteiger partial charge in [-0.3, -0.25) is 9.48 Å². The minimum absolute atomic E-state index is 0.267. The molecule has 2 aromatic rings. The molecule has 1 amide bonds. The topological polar surface area (TPSA) is 38.1 Å². The van der Waals surface area contributed by atoms with Gasteiger partial charge in [0.25, 0.3) is 5.91 Å². The highest BCUT2D eigenvalue weighted by Gasteiger charge is 2.33. The number of benzene rings is 1. The van der Waals surface area contributed by atoms with Gasteiger partial charge in [-0.2, -0.15) is 5.10 Å². The van der Waals surface area contributed by atoms with Gasteiger partial charge in [0.1, 0.15) is 17.2 Å². The van der Waals surface area contributed by atoms with E-state index in [1.807, 2.05) is 17.8 Å². The molecule has 1 aliphatic heterocycles. The van der Waals surface area contributed by atoms with E-state index in [0.29, 0.717) is 19.6 Å². The van der Waals surface area contributed by atoms with Gasteiger partial charge in [-0.05, 0) is 24.6 Å². The molecule has 1 saturated heterocycles. The third-order valence-corrected chi connectivity index (χ3v) is 3.63. The first kappa shape index (κ1) is 13.7. The van der Waals surface area contributed by atoms with Crippen LogP contribution in [0.15, 0.2) is 30.6 Å². The SMILES string of the molecule is Cc1cnn(CC2CN(C(=O)c3c(F)cccc3F)C2)c1. The Kier molecular flexibility index (Phi) is 3.45. The molecule has 0 atom stereocenters. The number of aryl methyl sites for hydroxylation is 1. The Labute approximate surface area is 121 Å². The van der Waals surface area contributed by atoms with E-state index in [4.69, 9.17) is 0 Å². The van der Waals surface area contributed by atoms with E-state index in [2.05, 4.69) is 5.10 Å². The van der Waals surface area contributed by atoms with Crippen LogP contribution in [0.25, 0.3) is 0 Å². The Morgan fingerprint density at radius 1 is 1.33 bits per heavy atom. The minimum atomic E-state index is -0.814. The fourth-order valence-electron chi connectivity index (χ4n) is 2.54. The quantitative estimate of drug-likeness (QED) is 0.870. The summed E-state index contributed by atoms with van der Waals surface area (Å²) < 4.78 is 29.0. The summed E-state index contributed by atoms with van der Waals surface area (Å²) in [4.78, 5) is 13.6. The number of carbonyl (C=O) groups is 1. The van der Waals surface area contributed by atoms with Crippen molar-refractivity contribution >= 4 is 5.91 Å². The summed E-state index contributed by atoms with van der Waals surface area (Å²) in [5.41, 5.74) is 0.613. The summed E-state index contributed by atoms with van der Waals surface area (Å²) >= 11 is 0. The summed E-state index contributed by atoms with van der Waals surface area (Å²) in [7, 11) is 0. The van der Waals surface area contributed by atoms with Crippen molar-refractivity contribution in [1.82, 2.24) is 14.7 Å². The predicted octanol–water partition coefficient (Wildman–Crippen LogP) is 2.24. The summed E-state index contributed by atoms with van der Waals surface area (Å²) in [5.74, 6) is -1.95. The second kappa shape index (κ2) is 5.27. The minimum Gasteiger partial charge on any atom is -0.338 e. The van der Waals surface area contributed by atoms with Crippen LogP contribution in [0.3, 0.4) is 0 Å². The van der Waals surface area contributed by atoms with Crippen molar-refractivity contribution in [3.8, 4) is 0 Å².